The Morgan fingerprint density at radius 2 is 2.10 bits per heavy atom. The van der Waals surface area contributed by atoms with Crippen LogP contribution in [0.5, 0.6) is 0 Å². The van der Waals surface area contributed by atoms with Crippen molar-refractivity contribution in [2.45, 2.75) is 57.0 Å². The van der Waals surface area contributed by atoms with Crippen molar-refractivity contribution in [3.63, 3.8) is 0 Å². The summed E-state index contributed by atoms with van der Waals surface area (Å²) in [4.78, 5) is 11.1. The van der Waals surface area contributed by atoms with Crippen LogP contribution in [0.15, 0.2) is 0 Å². The molecule has 0 spiro atoms. The fourth-order valence-corrected chi connectivity index (χ4v) is 9.55. The lowest BCUT2D eigenvalue weighted by Crippen LogP contribution is -2.43. The van der Waals surface area contributed by atoms with Crippen LogP contribution in [0.1, 0.15) is 25.7 Å². The normalized spacial score (nSPS) is 27.8. The van der Waals surface area contributed by atoms with E-state index in [1.807, 2.05) is 6.55 Å². The summed E-state index contributed by atoms with van der Waals surface area (Å²) in [6, 6.07) is 1.91. The molecule has 0 bridgehead atoms. The van der Waals surface area contributed by atoms with E-state index in [2.05, 4.69) is 11.9 Å². The predicted octanol–water partition coefficient (Wildman–Crippen LogP) is 2.70. The van der Waals surface area contributed by atoms with Crippen LogP contribution >= 0.6 is 0 Å². The Labute approximate surface area is 126 Å². The van der Waals surface area contributed by atoms with Gasteiger partial charge in [-0.1, -0.05) is 6.42 Å². The van der Waals surface area contributed by atoms with Crippen molar-refractivity contribution in [2.75, 3.05) is 13.2 Å². The SMILES string of the molecule is C[SiH]1OCCCC[Si](C)(CCCNC(=O)CC(F)(F)F)O1. The second kappa shape index (κ2) is 8.30. The van der Waals surface area contributed by atoms with Crippen molar-refractivity contribution in [2.24, 2.45) is 0 Å². The summed E-state index contributed by atoms with van der Waals surface area (Å²) < 4.78 is 47.8. The molecule has 0 saturated carbocycles. The number of carbonyl (C=O) groups is 1. The maximum absolute atomic E-state index is 12.0. The number of hydrogen-bond acceptors (Lipinski definition) is 3. The fourth-order valence-electron chi connectivity index (χ4n) is 2.46. The molecule has 4 nitrogen and oxygen atoms in total. The first kappa shape index (κ1) is 18.7. The van der Waals surface area contributed by atoms with E-state index in [0.717, 1.165) is 31.5 Å². The third-order valence-corrected chi connectivity index (χ3v) is 10.6. The highest BCUT2D eigenvalue weighted by Gasteiger charge is 2.33. The molecule has 21 heavy (non-hydrogen) atoms. The Morgan fingerprint density at radius 1 is 1.38 bits per heavy atom. The molecule has 9 heteroatoms. The maximum Gasteiger partial charge on any atom is 0.397 e. The summed E-state index contributed by atoms with van der Waals surface area (Å²) in [5.41, 5.74) is 0. The summed E-state index contributed by atoms with van der Waals surface area (Å²) >= 11 is 0. The molecule has 1 N–H and O–H groups in total. The van der Waals surface area contributed by atoms with Gasteiger partial charge in [0.15, 0.2) is 8.32 Å². The average Bonchev–Trinajstić information content (AvgIpc) is 2.30. The minimum atomic E-state index is -4.44. The lowest BCUT2D eigenvalue weighted by Gasteiger charge is -2.33. The van der Waals surface area contributed by atoms with Gasteiger partial charge in [-0.05, 0) is 38.0 Å². The van der Waals surface area contributed by atoms with E-state index in [9.17, 15) is 18.0 Å². The molecule has 124 valence electrons. The van der Waals surface area contributed by atoms with Crippen LogP contribution in [0.3, 0.4) is 0 Å². The highest BCUT2D eigenvalue weighted by atomic mass is 28.4. The molecule has 1 aliphatic heterocycles. The molecule has 1 heterocycles. The van der Waals surface area contributed by atoms with Crippen LogP contribution < -0.4 is 5.32 Å². The smallest absolute Gasteiger partial charge is 0.397 e. The van der Waals surface area contributed by atoms with Crippen molar-refractivity contribution in [3.05, 3.63) is 0 Å². The van der Waals surface area contributed by atoms with Gasteiger partial charge in [0.2, 0.25) is 5.91 Å². The molecule has 1 saturated heterocycles. The van der Waals surface area contributed by atoms with Gasteiger partial charge < -0.3 is 13.9 Å². The Morgan fingerprint density at radius 3 is 2.76 bits per heavy atom. The minimum Gasteiger partial charge on any atom is -0.438 e. The standard InChI is InChI=1S/C12H24F3NO3Si2/c1-20-18-7-3-4-8-21(2,19-20)9-5-6-16-11(17)10-12(13,14)15/h20H,3-10H2,1-2H3,(H,16,17). The highest BCUT2D eigenvalue weighted by molar-refractivity contribution is 6.78. The van der Waals surface area contributed by atoms with Crippen molar-refractivity contribution in [1.82, 2.24) is 5.32 Å². The zero-order valence-electron chi connectivity index (χ0n) is 12.6. The average molecular weight is 343 g/mol. The van der Waals surface area contributed by atoms with E-state index >= 15 is 0 Å². The molecular formula is C12H24F3NO3Si2. The van der Waals surface area contributed by atoms with E-state index < -0.39 is 36.1 Å². The van der Waals surface area contributed by atoms with Crippen molar-refractivity contribution < 1.29 is 26.5 Å². The highest BCUT2D eigenvalue weighted by Crippen LogP contribution is 2.25. The number of halogens is 3. The quantitative estimate of drug-likeness (QED) is 0.617. The first-order valence-electron chi connectivity index (χ1n) is 7.33. The van der Waals surface area contributed by atoms with E-state index in [-0.39, 0.29) is 6.54 Å². The van der Waals surface area contributed by atoms with Gasteiger partial charge in [0.25, 0.3) is 0 Å². The van der Waals surface area contributed by atoms with Crippen molar-refractivity contribution in [1.29, 1.82) is 0 Å². The topological polar surface area (TPSA) is 47.6 Å². The number of nitrogens with one attached hydrogen (secondary N) is 1. The third-order valence-electron chi connectivity index (χ3n) is 3.47. The van der Waals surface area contributed by atoms with E-state index in [4.69, 9.17) is 8.54 Å². The molecule has 0 aromatic carbocycles. The summed E-state index contributed by atoms with van der Waals surface area (Å²) in [6.07, 6.45) is -3.06. The molecule has 1 rings (SSSR count). The van der Waals surface area contributed by atoms with Gasteiger partial charge in [-0.15, -0.1) is 0 Å². The van der Waals surface area contributed by atoms with Gasteiger partial charge in [-0.2, -0.15) is 13.2 Å². The number of rotatable bonds is 5. The largest absolute Gasteiger partial charge is 0.438 e. The summed E-state index contributed by atoms with van der Waals surface area (Å²) in [5.74, 6) is -0.959. The summed E-state index contributed by atoms with van der Waals surface area (Å²) in [5, 5.41) is 2.32. The van der Waals surface area contributed by atoms with Crippen LogP contribution in [0.4, 0.5) is 13.2 Å². The Balaban J connectivity index is 2.27. The monoisotopic (exact) mass is 343 g/mol. The van der Waals surface area contributed by atoms with Gasteiger partial charge >= 0.3 is 15.5 Å². The van der Waals surface area contributed by atoms with Crippen LogP contribution in [-0.2, 0) is 13.3 Å². The molecule has 1 aliphatic rings. The number of alkyl halides is 3. The minimum absolute atomic E-state index is 0.275. The molecule has 0 radical (unpaired) electrons. The zero-order chi connectivity index (χ0) is 15.9. The third kappa shape index (κ3) is 8.59. The zero-order valence-corrected chi connectivity index (χ0v) is 14.7. The summed E-state index contributed by atoms with van der Waals surface area (Å²) in [7, 11) is -3.41. The lowest BCUT2D eigenvalue weighted by molar-refractivity contribution is -0.153. The second-order valence-corrected chi connectivity index (χ2v) is 12.0. The second-order valence-electron chi connectivity index (χ2n) is 5.71. The molecule has 1 fully saturated rings. The van der Waals surface area contributed by atoms with Gasteiger partial charge in [-0.25, -0.2) is 0 Å². The first-order valence-corrected chi connectivity index (χ1v) is 12.3. The molecular weight excluding hydrogens is 319 g/mol. The molecule has 0 aromatic heterocycles. The lowest BCUT2D eigenvalue weighted by atomic mass is 10.4. The fraction of sp³-hybridized carbons (Fsp3) is 0.917. The van der Waals surface area contributed by atoms with Crippen LogP contribution in [0, 0.1) is 0 Å². The van der Waals surface area contributed by atoms with Gasteiger partial charge in [0, 0.05) is 13.2 Å². The Hall–Kier alpha value is -0.386. The predicted molar refractivity (Wildman–Crippen MR) is 78.8 cm³/mol. The Kier molecular flexibility index (Phi) is 7.38. The van der Waals surface area contributed by atoms with Crippen LogP contribution in [0.2, 0.25) is 25.2 Å². The van der Waals surface area contributed by atoms with Gasteiger partial charge in [0.05, 0.1) is 0 Å². The number of hydrogen-bond donors (Lipinski definition) is 1. The van der Waals surface area contributed by atoms with Crippen molar-refractivity contribution in [3.8, 4) is 0 Å². The van der Waals surface area contributed by atoms with Gasteiger partial charge in [-0.3, -0.25) is 4.79 Å². The molecule has 1 amide bonds. The van der Waals surface area contributed by atoms with Gasteiger partial charge in [0.1, 0.15) is 6.42 Å². The number of carbonyl (C=O) groups excluding carboxylic acids is 1. The summed E-state index contributed by atoms with van der Waals surface area (Å²) in [6.45, 7) is 5.22. The van der Waals surface area contributed by atoms with Crippen molar-refractivity contribution >= 4 is 23.5 Å². The van der Waals surface area contributed by atoms with Crippen LogP contribution in [0.25, 0.3) is 0 Å². The number of amides is 1. The van der Waals surface area contributed by atoms with E-state index in [1.54, 1.807) is 0 Å². The molecule has 0 aromatic rings. The molecule has 0 aliphatic carbocycles. The first-order chi connectivity index (χ1) is 9.70. The van der Waals surface area contributed by atoms with E-state index in [0.29, 0.717) is 6.42 Å². The molecule has 2 unspecified atom stereocenters. The van der Waals surface area contributed by atoms with Crippen LogP contribution in [-0.4, -0.2) is 42.8 Å². The van der Waals surface area contributed by atoms with E-state index in [1.165, 1.54) is 0 Å². The maximum atomic E-state index is 12.0. The Bertz CT molecular complexity index is 344. The molecule has 2 atom stereocenters.